The van der Waals surface area contributed by atoms with Gasteiger partial charge in [0.25, 0.3) is 5.91 Å². The Hall–Kier alpha value is -1.84. The highest BCUT2D eigenvalue weighted by molar-refractivity contribution is 5.95. The second-order valence-electron chi connectivity index (χ2n) is 6.22. The van der Waals surface area contributed by atoms with Gasteiger partial charge in [-0.1, -0.05) is 25.3 Å². The molecule has 1 aromatic carbocycles. The number of amides is 1. The normalized spacial score (nSPS) is 27.1. The summed E-state index contributed by atoms with van der Waals surface area (Å²) in [6.07, 6.45) is 8.64. The Labute approximate surface area is 125 Å². The number of carbonyl (C=O) groups excluding carboxylic acids is 1. The van der Waals surface area contributed by atoms with E-state index in [0.29, 0.717) is 5.56 Å². The Morgan fingerprint density at radius 1 is 1.19 bits per heavy atom. The first-order chi connectivity index (χ1) is 10.2. The van der Waals surface area contributed by atoms with Crippen molar-refractivity contribution in [2.24, 2.45) is 16.9 Å². The lowest BCUT2D eigenvalue weighted by molar-refractivity contribution is 0.0953. The monoisotopic (exact) mass is 286 g/mol. The molecule has 2 N–H and O–H groups in total. The summed E-state index contributed by atoms with van der Waals surface area (Å²) < 4.78 is 0. The van der Waals surface area contributed by atoms with E-state index >= 15 is 0 Å². The van der Waals surface area contributed by atoms with Gasteiger partial charge in [0, 0.05) is 11.3 Å². The molecule has 2 atom stereocenters. The molecule has 112 valence electrons. The molecule has 21 heavy (non-hydrogen) atoms. The zero-order chi connectivity index (χ0) is 14.7. The fraction of sp³-hybridized carbons (Fsp3) is 0.529. The predicted octanol–water partition coefficient (Wildman–Crippen LogP) is 3.47. The minimum atomic E-state index is -0.260. The molecule has 3 rings (SSSR count). The number of rotatable bonds is 2. The molecular weight excluding hydrogens is 264 g/mol. The summed E-state index contributed by atoms with van der Waals surface area (Å²) in [5.74, 6) is 1.48. The molecule has 1 aromatic rings. The SMILES string of the molecule is O=C(N/N=C1/CC[C@@H]2CCCC[C@@H]2C1)c1cccc(O)c1. The molecule has 2 aliphatic rings. The van der Waals surface area contributed by atoms with E-state index in [1.807, 2.05) is 0 Å². The van der Waals surface area contributed by atoms with E-state index in [2.05, 4.69) is 10.5 Å². The van der Waals surface area contributed by atoms with E-state index in [1.54, 1.807) is 18.2 Å². The molecule has 2 aliphatic carbocycles. The van der Waals surface area contributed by atoms with Gasteiger partial charge in [-0.2, -0.15) is 5.10 Å². The van der Waals surface area contributed by atoms with Crippen LogP contribution in [0.25, 0.3) is 0 Å². The number of phenols is 1. The summed E-state index contributed by atoms with van der Waals surface area (Å²) in [7, 11) is 0. The Morgan fingerprint density at radius 2 is 2.00 bits per heavy atom. The van der Waals surface area contributed by atoms with Crippen LogP contribution in [-0.4, -0.2) is 16.7 Å². The van der Waals surface area contributed by atoms with Gasteiger partial charge in [0.1, 0.15) is 5.75 Å². The molecule has 1 amide bonds. The first-order valence-electron chi connectivity index (χ1n) is 7.87. The molecule has 2 saturated carbocycles. The molecule has 0 saturated heterocycles. The number of aromatic hydroxyl groups is 1. The number of phenolic OH excluding ortho intramolecular Hbond substituents is 1. The number of nitrogens with zero attached hydrogens (tertiary/aromatic N) is 1. The lowest BCUT2D eigenvalue weighted by atomic mass is 9.70. The zero-order valence-electron chi connectivity index (χ0n) is 12.2. The van der Waals surface area contributed by atoms with Crippen LogP contribution in [0, 0.1) is 11.8 Å². The molecule has 0 aliphatic heterocycles. The Bertz CT molecular complexity index is 553. The van der Waals surface area contributed by atoms with Crippen molar-refractivity contribution in [3.05, 3.63) is 29.8 Å². The fourth-order valence-electron chi connectivity index (χ4n) is 3.63. The van der Waals surface area contributed by atoms with Crippen LogP contribution < -0.4 is 5.43 Å². The number of fused-ring (bicyclic) bond motifs is 1. The Morgan fingerprint density at radius 3 is 2.81 bits per heavy atom. The maximum Gasteiger partial charge on any atom is 0.271 e. The Kier molecular flexibility index (Phi) is 4.23. The van der Waals surface area contributed by atoms with E-state index in [-0.39, 0.29) is 11.7 Å². The third kappa shape index (κ3) is 3.43. The molecular formula is C17H22N2O2. The average molecular weight is 286 g/mol. The van der Waals surface area contributed by atoms with Crippen LogP contribution in [0.3, 0.4) is 0 Å². The van der Waals surface area contributed by atoms with Crippen LogP contribution >= 0.6 is 0 Å². The number of hydrogen-bond donors (Lipinski definition) is 2. The minimum absolute atomic E-state index is 0.0954. The molecule has 2 fully saturated rings. The first-order valence-corrected chi connectivity index (χ1v) is 7.87. The van der Waals surface area contributed by atoms with Crippen molar-refractivity contribution in [1.82, 2.24) is 5.43 Å². The van der Waals surface area contributed by atoms with Crippen LogP contribution in [0.5, 0.6) is 5.75 Å². The summed E-state index contributed by atoms with van der Waals surface area (Å²) in [4.78, 5) is 12.0. The standard InChI is InChI=1S/C17H22N2O2/c20-16-7-3-6-14(11-16)17(21)19-18-15-9-8-12-4-1-2-5-13(12)10-15/h3,6-7,11-13,20H,1-2,4-5,8-10H2,(H,19,21)/b18-15-/t12-,13+/m0/s1. The quantitative estimate of drug-likeness (QED) is 0.818. The molecule has 0 bridgehead atoms. The van der Waals surface area contributed by atoms with Crippen molar-refractivity contribution < 1.29 is 9.90 Å². The second-order valence-corrected chi connectivity index (χ2v) is 6.22. The number of benzene rings is 1. The van der Waals surface area contributed by atoms with E-state index < -0.39 is 0 Å². The van der Waals surface area contributed by atoms with Gasteiger partial charge in [-0.15, -0.1) is 0 Å². The van der Waals surface area contributed by atoms with Crippen molar-refractivity contribution in [2.75, 3.05) is 0 Å². The molecule has 0 aromatic heterocycles. The van der Waals surface area contributed by atoms with Crippen molar-refractivity contribution >= 4 is 11.6 Å². The summed E-state index contributed by atoms with van der Waals surface area (Å²) in [5.41, 5.74) is 4.18. The lowest BCUT2D eigenvalue weighted by Crippen LogP contribution is -2.29. The number of carbonyl (C=O) groups is 1. The summed E-state index contributed by atoms with van der Waals surface area (Å²) >= 11 is 0. The highest BCUT2D eigenvalue weighted by atomic mass is 16.3. The average Bonchev–Trinajstić information content (AvgIpc) is 2.52. The van der Waals surface area contributed by atoms with Crippen LogP contribution in [-0.2, 0) is 0 Å². The lowest BCUT2D eigenvalue weighted by Gasteiger charge is -2.35. The van der Waals surface area contributed by atoms with Gasteiger partial charge >= 0.3 is 0 Å². The van der Waals surface area contributed by atoms with Crippen molar-refractivity contribution in [2.45, 2.75) is 44.9 Å². The second kappa shape index (κ2) is 6.29. The highest BCUT2D eigenvalue weighted by Crippen LogP contribution is 2.39. The molecule has 0 unspecified atom stereocenters. The van der Waals surface area contributed by atoms with Gasteiger partial charge in [0.15, 0.2) is 0 Å². The topological polar surface area (TPSA) is 61.7 Å². The van der Waals surface area contributed by atoms with E-state index in [4.69, 9.17) is 0 Å². The van der Waals surface area contributed by atoms with Gasteiger partial charge in [0.2, 0.25) is 0 Å². The van der Waals surface area contributed by atoms with E-state index in [1.165, 1.54) is 38.2 Å². The maximum atomic E-state index is 12.0. The van der Waals surface area contributed by atoms with E-state index in [0.717, 1.165) is 30.4 Å². The van der Waals surface area contributed by atoms with Gasteiger partial charge < -0.3 is 5.11 Å². The molecule has 0 radical (unpaired) electrons. The Balaban J connectivity index is 1.60. The third-order valence-electron chi connectivity index (χ3n) is 4.79. The zero-order valence-corrected chi connectivity index (χ0v) is 12.2. The summed E-state index contributed by atoms with van der Waals surface area (Å²) in [6, 6.07) is 6.33. The highest BCUT2D eigenvalue weighted by Gasteiger charge is 2.30. The first kappa shape index (κ1) is 14.1. The van der Waals surface area contributed by atoms with Gasteiger partial charge in [-0.05, 0) is 55.7 Å². The van der Waals surface area contributed by atoms with Crippen molar-refractivity contribution in [3.63, 3.8) is 0 Å². The van der Waals surface area contributed by atoms with Crippen LogP contribution in [0.4, 0.5) is 0 Å². The maximum absolute atomic E-state index is 12.0. The molecule has 4 nitrogen and oxygen atoms in total. The number of hydrogen-bond acceptors (Lipinski definition) is 3. The van der Waals surface area contributed by atoms with Crippen molar-refractivity contribution in [1.29, 1.82) is 0 Å². The minimum Gasteiger partial charge on any atom is -0.508 e. The molecule has 0 spiro atoms. The smallest absolute Gasteiger partial charge is 0.271 e. The van der Waals surface area contributed by atoms with Gasteiger partial charge in [-0.25, -0.2) is 5.43 Å². The third-order valence-corrected chi connectivity index (χ3v) is 4.79. The predicted molar refractivity (Wildman–Crippen MR) is 82.3 cm³/mol. The van der Waals surface area contributed by atoms with Crippen LogP contribution in [0.15, 0.2) is 29.4 Å². The number of nitrogens with one attached hydrogen (secondary N) is 1. The van der Waals surface area contributed by atoms with Gasteiger partial charge in [0.05, 0.1) is 0 Å². The van der Waals surface area contributed by atoms with Crippen LogP contribution in [0.2, 0.25) is 0 Å². The van der Waals surface area contributed by atoms with Crippen molar-refractivity contribution in [3.8, 4) is 5.75 Å². The molecule has 0 heterocycles. The van der Waals surface area contributed by atoms with Crippen LogP contribution in [0.1, 0.15) is 55.3 Å². The number of hydrazone groups is 1. The van der Waals surface area contributed by atoms with Gasteiger partial charge in [-0.3, -0.25) is 4.79 Å². The van der Waals surface area contributed by atoms with E-state index in [9.17, 15) is 9.90 Å². The largest absolute Gasteiger partial charge is 0.508 e. The summed E-state index contributed by atoms with van der Waals surface area (Å²) in [6.45, 7) is 0. The molecule has 4 heteroatoms. The summed E-state index contributed by atoms with van der Waals surface area (Å²) in [5, 5.41) is 13.7. The fourth-order valence-corrected chi connectivity index (χ4v) is 3.63.